The van der Waals surface area contributed by atoms with Crippen molar-refractivity contribution in [1.29, 1.82) is 0 Å². The fourth-order valence-electron chi connectivity index (χ4n) is 1.54. The summed E-state index contributed by atoms with van der Waals surface area (Å²) in [5, 5.41) is -2.36. The second-order valence-electron chi connectivity index (χ2n) is 3.69. The summed E-state index contributed by atoms with van der Waals surface area (Å²) in [5.74, 6) is 0. The number of benzene rings is 1. The Bertz CT molecular complexity index is 481. The van der Waals surface area contributed by atoms with Gasteiger partial charge in [0.25, 0.3) is 0 Å². The van der Waals surface area contributed by atoms with Crippen LogP contribution >= 0.6 is 0 Å². The van der Waals surface area contributed by atoms with Crippen molar-refractivity contribution in [3.05, 3.63) is 55.6 Å². The molecule has 2 nitrogen and oxygen atoms in total. The monoisotopic (exact) mass is 254 g/mol. The van der Waals surface area contributed by atoms with Crippen LogP contribution in [0, 0.1) is 0 Å². The quantitative estimate of drug-likeness (QED) is 0.730. The molecule has 0 saturated carbocycles. The highest BCUT2D eigenvalue weighted by atomic mass is 32.2. The van der Waals surface area contributed by atoms with Crippen molar-refractivity contribution in [3.63, 3.8) is 0 Å². The Morgan fingerprint density at radius 1 is 1.12 bits per heavy atom. The molecule has 4 heteroatoms. The average molecular weight is 254 g/mol. The number of sulfone groups is 1. The second kappa shape index (κ2) is 5.27. The van der Waals surface area contributed by atoms with Gasteiger partial charge in [-0.05, 0) is 12.1 Å². The maximum Gasteiger partial charge on any atom is 0.221 e. The van der Waals surface area contributed by atoms with Gasteiger partial charge in [0.15, 0.2) is 0 Å². The fourth-order valence-corrected chi connectivity index (χ4v) is 3.16. The molecule has 0 aromatic heterocycles. The second-order valence-corrected chi connectivity index (χ2v) is 5.90. The lowest BCUT2D eigenvalue weighted by Crippen LogP contribution is -2.32. The van der Waals surface area contributed by atoms with Crippen molar-refractivity contribution in [2.75, 3.05) is 0 Å². The Hall–Kier alpha value is -1.42. The van der Waals surface area contributed by atoms with Crippen molar-refractivity contribution in [2.24, 2.45) is 0 Å². The zero-order chi connectivity index (χ0) is 12.9. The molecule has 0 heterocycles. The van der Waals surface area contributed by atoms with Gasteiger partial charge < -0.3 is 0 Å². The van der Waals surface area contributed by atoms with Gasteiger partial charge in [0, 0.05) is 12.8 Å². The highest BCUT2D eigenvalue weighted by Crippen LogP contribution is 2.34. The third-order valence-corrected chi connectivity index (χ3v) is 4.62. The third-order valence-electron chi connectivity index (χ3n) is 2.43. The van der Waals surface area contributed by atoms with Gasteiger partial charge >= 0.3 is 0 Å². The summed E-state index contributed by atoms with van der Waals surface area (Å²) in [4.78, 5) is -0.0220. The maximum absolute atomic E-state index is 14.5. The first-order valence-electron chi connectivity index (χ1n) is 5.18. The summed E-state index contributed by atoms with van der Waals surface area (Å²) in [6.07, 6.45) is 2.03. The first-order chi connectivity index (χ1) is 7.98. The number of alkyl halides is 1. The van der Waals surface area contributed by atoms with Gasteiger partial charge in [-0.3, -0.25) is 0 Å². The number of hydrogen-bond donors (Lipinski definition) is 0. The van der Waals surface area contributed by atoms with E-state index in [1.807, 2.05) is 0 Å². The molecular formula is C13H15FO2S. The molecular weight excluding hydrogens is 239 g/mol. The SMILES string of the molecule is C=CCC(F)(CC=C)S(=O)(=O)c1ccccc1. The van der Waals surface area contributed by atoms with E-state index in [0.29, 0.717) is 0 Å². The largest absolute Gasteiger partial charge is 0.225 e. The Morgan fingerprint density at radius 2 is 1.59 bits per heavy atom. The van der Waals surface area contributed by atoms with Gasteiger partial charge in [-0.1, -0.05) is 30.4 Å². The van der Waals surface area contributed by atoms with E-state index in [4.69, 9.17) is 0 Å². The van der Waals surface area contributed by atoms with Gasteiger partial charge in [-0.2, -0.15) is 0 Å². The lowest BCUT2D eigenvalue weighted by molar-refractivity contribution is 0.272. The topological polar surface area (TPSA) is 34.1 Å². The summed E-state index contributed by atoms with van der Waals surface area (Å²) in [7, 11) is -4.03. The van der Waals surface area contributed by atoms with Gasteiger partial charge in [0.2, 0.25) is 14.8 Å². The van der Waals surface area contributed by atoms with Crippen LogP contribution in [-0.4, -0.2) is 13.4 Å². The predicted molar refractivity (Wildman–Crippen MR) is 67.1 cm³/mol. The molecule has 1 aromatic carbocycles. The van der Waals surface area contributed by atoms with Crippen LogP contribution in [0.4, 0.5) is 4.39 Å². The van der Waals surface area contributed by atoms with Crippen molar-refractivity contribution < 1.29 is 12.8 Å². The fraction of sp³-hybridized carbons (Fsp3) is 0.231. The number of halogens is 1. The Morgan fingerprint density at radius 3 is 2.00 bits per heavy atom. The maximum atomic E-state index is 14.5. The zero-order valence-corrected chi connectivity index (χ0v) is 10.3. The van der Waals surface area contributed by atoms with E-state index in [0.717, 1.165) is 0 Å². The minimum absolute atomic E-state index is 0.0220. The van der Waals surface area contributed by atoms with Crippen LogP contribution in [0.25, 0.3) is 0 Å². The standard InChI is InChI=1S/C13H15FO2S/c1-3-10-13(14,11-4-2)17(15,16)12-8-6-5-7-9-12/h3-9H,1-2,10-11H2. The Kier molecular flexibility index (Phi) is 4.23. The van der Waals surface area contributed by atoms with E-state index in [9.17, 15) is 12.8 Å². The van der Waals surface area contributed by atoms with Gasteiger partial charge in [0.05, 0.1) is 4.90 Å². The minimum Gasteiger partial charge on any atom is -0.225 e. The van der Waals surface area contributed by atoms with Crippen LogP contribution in [0.5, 0.6) is 0 Å². The number of rotatable bonds is 6. The third kappa shape index (κ3) is 2.64. The Labute approximate surface area is 101 Å². The molecule has 0 spiro atoms. The lowest BCUT2D eigenvalue weighted by atomic mass is 10.2. The van der Waals surface area contributed by atoms with Crippen molar-refractivity contribution in [2.45, 2.75) is 22.7 Å². The van der Waals surface area contributed by atoms with E-state index in [1.165, 1.54) is 24.3 Å². The van der Waals surface area contributed by atoms with Crippen LogP contribution in [0.3, 0.4) is 0 Å². The number of allylic oxidation sites excluding steroid dienone is 2. The zero-order valence-electron chi connectivity index (χ0n) is 9.47. The van der Waals surface area contributed by atoms with E-state index in [1.54, 1.807) is 18.2 Å². The molecule has 0 amide bonds. The van der Waals surface area contributed by atoms with Gasteiger partial charge in [-0.15, -0.1) is 13.2 Å². The molecule has 0 N–H and O–H groups in total. The molecule has 17 heavy (non-hydrogen) atoms. The molecule has 0 radical (unpaired) electrons. The van der Waals surface area contributed by atoms with Crippen molar-refractivity contribution in [3.8, 4) is 0 Å². The lowest BCUT2D eigenvalue weighted by Gasteiger charge is -2.22. The molecule has 0 aliphatic heterocycles. The molecule has 1 aromatic rings. The Balaban J connectivity index is 3.27. The first-order valence-corrected chi connectivity index (χ1v) is 6.66. The van der Waals surface area contributed by atoms with Gasteiger partial charge in [0.1, 0.15) is 0 Å². The summed E-state index contributed by atoms with van der Waals surface area (Å²) < 4.78 is 38.9. The highest BCUT2D eigenvalue weighted by Gasteiger charge is 2.42. The number of hydrogen-bond acceptors (Lipinski definition) is 2. The molecule has 0 fully saturated rings. The molecule has 0 atom stereocenters. The molecule has 0 aliphatic carbocycles. The van der Waals surface area contributed by atoms with E-state index in [-0.39, 0.29) is 17.7 Å². The van der Waals surface area contributed by atoms with E-state index < -0.39 is 14.8 Å². The molecule has 1 rings (SSSR count). The summed E-state index contributed by atoms with van der Waals surface area (Å²) in [6.45, 7) is 6.79. The summed E-state index contributed by atoms with van der Waals surface area (Å²) >= 11 is 0. The van der Waals surface area contributed by atoms with Crippen LogP contribution < -0.4 is 0 Å². The first kappa shape index (κ1) is 13.6. The minimum atomic E-state index is -4.03. The van der Waals surface area contributed by atoms with Gasteiger partial charge in [-0.25, -0.2) is 12.8 Å². The molecule has 0 unspecified atom stereocenters. The van der Waals surface area contributed by atoms with Crippen LogP contribution in [0.1, 0.15) is 12.8 Å². The average Bonchev–Trinajstić information content (AvgIpc) is 2.30. The molecule has 0 saturated heterocycles. The highest BCUT2D eigenvalue weighted by molar-refractivity contribution is 7.92. The van der Waals surface area contributed by atoms with Crippen LogP contribution in [-0.2, 0) is 9.84 Å². The van der Waals surface area contributed by atoms with Crippen LogP contribution in [0.2, 0.25) is 0 Å². The van der Waals surface area contributed by atoms with E-state index >= 15 is 0 Å². The summed E-state index contributed by atoms with van der Waals surface area (Å²) in [5.41, 5.74) is 0. The normalized spacial score (nSPS) is 12.1. The van der Waals surface area contributed by atoms with Crippen LogP contribution in [0.15, 0.2) is 60.5 Å². The van der Waals surface area contributed by atoms with Crippen molar-refractivity contribution >= 4 is 9.84 Å². The van der Waals surface area contributed by atoms with E-state index in [2.05, 4.69) is 13.2 Å². The molecule has 92 valence electrons. The van der Waals surface area contributed by atoms with Crippen molar-refractivity contribution in [1.82, 2.24) is 0 Å². The smallest absolute Gasteiger partial charge is 0.221 e. The molecule has 0 bridgehead atoms. The molecule has 0 aliphatic rings. The predicted octanol–water partition coefficient (Wildman–Crippen LogP) is 3.28. The summed E-state index contributed by atoms with van der Waals surface area (Å²) in [6, 6.07) is 7.58.